The van der Waals surface area contributed by atoms with Crippen molar-refractivity contribution >= 4 is 17.3 Å². The number of aryl methyl sites for hydroxylation is 1. The molecule has 0 fully saturated rings. The zero-order chi connectivity index (χ0) is 14.0. The van der Waals surface area contributed by atoms with E-state index in [-0.39, 0.29) is 5.56 Å². The van der Waals surface area contributed by atoms with Crippen LogP contribution in [0.25, 0.3) is 0 Å². The van der Waals surface area contributed by atoms with Gasteiger partial charge in [-0.05, 0) is 18.2 Å². The van der Waals surface area contributed by atoms with Gasteiger partial charge >= 0.3 is 5.97 Å². The Bertz CT molecular complexity index is 606. The standard InChI is InChI=1S/C13H16N4O2/c1-16(7-9-6-15-17(2)8-9)12-4-3-10(14)5-11(12)13(18)19/h3-6,8H,7,14H2,1-2H3,(H,18,19). The Morgan fingerprint density at radius 2 is 2.26 bits per heavy atom. The van der Waals surface area contributed by atoms with Crippen molar-refractivity contribution in [3.8, 4) is 0 Å². The first-order valence-corrected chi connectivity index (χ1v) is 5.79. The normalized spacial score (nSPS) is 10.4. The fourth-order valence-corrected chi connectivity index (χ4v) is 1.97. The number of rotatable bonds is 4. The van der Waals surface area contributed by atoms with Gasteiger partial charge in [-0.25, -0.2) is 4.79 Å². The second kappa shape index (κ2) is 5.01. The highest BCUT2D eigenvalue weighted by atomic mass is 16.4. The quantitative estimate of drug-likeness (QED) is 0.810. The number of carboxylic acids is 1. The molecule has 2 aromatic rings. The van der Waals surface area contributed by atoms with Crippen LogP contribution in [0.1, 0.15) is 15.9 Å². The van der Waals surface area contributed by atoms with Gasteiger partial charge in [-0.1, -0.05) is 0 Å². The first-order valence-electron chi connectivity index (χ1n) is 5.79. The largest absolute Gasteiger partial charge is 0.478 e. The second-order valence-corrected chi connectivity index (χ2v) is 4.46. The number of nitrogen functional groups attached to an aromatic ring is 1. The van der Waals surface area contributed by atoms with Gasteiger partial charge in [0, 0.05) is 38.1 Å². The van der Waals surface area contributed by atoms with Gasteiger partial charge in [0.25, 0.3) is 0 Å². The molecule has 0 saturated heterocycles. The number of nitrogens with two attached hydrogens (primary N) is 1. The Balaban J connectivity index is 2.28. The van der Waals surface area contributed by atoms with Crippen molar-refractivity contribution in [3.63, 3.8) is 0 Å². The van der Waals surface area contributed by atoms with Crippen molar-refractivity contribution in [1.29, 1.82) is 0 Å². The number of carbonyl (C=O) groups is 1. The minimum Gasteiger partial charge on any atom is -0.478 e. The van der Waals surface area contributed by atoms with E-state index in [1.165, 1.54) is 6.07 Å². The summed E-state index contributed by atoms with van der Waals surface area (Å²) < 4.78 is 1.71. The highest BCUT2D eigenvalue weighted by Crippen LogP contribution is 2.23. The van der Waals surface area contributed by atoms with Gasteiger partial charge in [0.2, 0.25) is 0 Å². The van der Waals surface area contributed by atoms with E-state index >= 15 is 0 Å². The Hall–Kier alpha value is -2.50. The van der Waals surface area contributed by atoms with E-state index in [2.05, 4.69) is 5.10 Å². The maximum Gasteiger partial charge on any atom is 0.337 e. The molecular formula is C13H16N4O2. The van der Waals surface area contributed by atoms with Gasteiger partial charge in [0.15, 0.2) is 0 Å². The van der Waals surface area contributed by atoms with Crippen LogP contribution in [0.2, 0.25) is 0 Å². The lowest BCUT2D eigenvalue weighted by Crippen LogP contribution is -2.19. The number of hydrogen-bond donors (Lipinski definition) is 2. The number of nitrogens with zero attached hydrogens (tertiary/aromatic N) is 3. The van der Waals surface area contributed by atoms with Gasteiger partial charge in [-0.3, -0.25) is 4.68 Å². The summed E-state index contributed by atoms with van der Waals surface area (Å²) in [7, 11) is 3.68. The van der Waals surface area contributed by atoms with Crippen molar-refractivity contribution < 1.29 is 9.90 Å². The zero-order valence-electron chi connectivity index (χ0n) is 10.9. The van der Waals surface area contributed by atoms with E-state index in [9.17, 15) is 9.90 Å². The lowest BCUT2D eigenvalue weighted by Gasteiger charge is -2.20. The molecule has 2 rings (SSSR count). The first kappa shape index (κ1) is 12.9. The molecule has 0 aliphatic carbocycles. The maximum absolute atomic E-state index is 11.2. The maximum atomic E-state index is 11.2. The molecule has 1 heterocycles. The Kier molecular flexibility index (Phi) is 3.41. The molecule has 0 radical (unpaired) electrons. The van der Waals surface area contributed by atoms with Crippen LogP contribution < -0.4 is 10.6 Å². The van der Waals surface area contributed by atoms with Crippen LogP contribution in [-0.2, 0) is 13.6 Å². The molecule has 100 valence electrons. The molecular weight excluding hydrogens is 244 g/mol. The van der Waals surface area contributed by atoms with Crippen LogP contribution in [0.3, 0.4) is 0 Å². The molecule has 6 heteroatoms. The fourth-order valence-electron chi connectivity index (χ4n) is 1.97. The van der Waals surface area contributed by atoms with Gasteiger partial charge in [0.1, 0.15) is 0 Å². The summed E-state index contributed by atoms with van der Waals surface area (Å²) in [5, 5.41) is 13.3. The molecule has 1 aromatic heterocycles. The predicted octanol–water partition coefficient (Wildman–Crippen LogP) is 1.34. The first-order chi connectivity index (χ1) is 8.97. The Morgan fingerprint density at radius 3 is 2.84 bits per heavy atom. The van der Waals surface area contributed by atoms with Crippen LogP contribution in [-0.4, -0.2) is 27.9 Å². The molecule has 0 bridgehead atoms. The number of hydrogen-bond acceptors (Lipinski definition) is 4. The van der Waals surface area contributed by atoms with Gasteiger partial charge in [0.05, 0.1) is 17.4 Å². The molecule has 0 unspecified atom stereocenters. The average molecular weight is 260 g/mol. The molecule has 6 nitrogen and oxygen atoms in total. The Labute approximate surface area is 111 Å². The topological polar surface area (TPSA) is 84.4 Å². The molecule has 0 aliphatic rings. The minimum atomic E-state index is -0.986. The van der Waals surface area contributed by atoms with Gasteiger partial charge in [-0.2, -0.15) is 5.10 Å². The summed E-state index contributed by atoms with van der Waals surface area (Å²) in [4.78, 5) is 13.1. The molecule has 0 atom stereocenters. The van der Waals surface area contributed by atoms with E-state index in [4.69, 9.17) is 5.73 Å². The molecule has 19 heavy (non-hydrogen) atoms. The molecule has 0 saturated carbocycles. The van der Waals surface area contributed by atoms with E-state index in [1.54, 1.807) is 23.0 Å². The lowest BCUT2D eigenvalue weighted by molar-refractivity contribution is 0.0697. The van der Waals surface area contributed by atoms with Gasteiger partial charge in [-0.15, -0.1) is 0 Å². The van der Waals surface area contributed by atoms with E-state index in [0.717, 1.165) is 5.56 Å². The summed E-state index contributed by atoms with van der Waals surface area (Å²) in [6.07, 6.45) is 3.66. The predicted molar refractivity (Wildman–Crippen MR) is 73.1 cm³/mol. The van der Waals surface area contributed by atoms with Crippen molar-refractivity contribution in [2.75, 3.05) is 17.7 Å². The van der Waals surface area contributed by atoms with E-state index in [1.807, 2.05) is 25.2 Å². The SMILES string of the molecule is CN(Cc1cnn(C)c1)c1ccc(N)cc1C(=O)O. The van der Waals surface area contributed by atoms with Gasteiger partial charge < -0.3 is 15.7 Å². The van der Waals surface area contributed by atoms with Crippen LogP contribution in [0.5, 0.6) is 0 Å². The Morgan fingerprint density at radius 1 is 1.53 bits per heavy atom. The highest BCUT2D eigenvalue weighted by Gasteiger charge is 2.14. The summed E-state index contributed by atoms with van der Waals surface area (Å²) in [6.45, 7) is 0.581. The third-order valence-corrected chi connectivity index (χ3v) is 2.84. The summed E-state index contributed by atoms with van der Waals surface area (Å²) >= 11 is 0. The molecule has 1 aromatic carbocycles. The van der Waals surface area contributed by atoms with Crippen molar-refractivity contribution in [2.24, 2.45) is 7.05 Å². The highest BCUT2D eigenvalue weighted by molar-refractivity contribution is 5.95. The van der Waals surface area contributed by atoms with Crippen molar-refractivity contribution in [1.82, 2.24) is 9.78 Å². The number of aromatic carboxylic acids is 1. The number of benzene rings is 1. The molecule has 3 N–H and O–H groups in total. The zero-order valence-corrected chi connectivity index (χ0v) is 10.9. The third kappa shape index (κ3) is 2.85. The molecule has 0 aliphatic heterocycles. The summed E-state index contributed by atoms with van der Waals surface area (Å²) in [6, 6.07) is 4.88. The van der Waals surface area contributed by atoms with Crippen LogP contribution in [0, 0.1) is 0 Å². The fraction of sp³-hybridized carbons (Fsp3) is 0.231. The number of anilines is 2. The average Bonchev–Trinajstić information content (AvgIpc) is 2.74. The summed E-state index contributed by atoms with van der Waals surface area (Å²) in [5.41, 5.74) is 7.91. The smallest absolute Gasteiger partial charge is 0.337 e. The van der Waals surface area contributed by atoms with Crippen LogP contribution in [0.15, 0.2) is 30.6 Å². The lowest BCUT2D eigenvalue weighted by atomic mass is 10.1. The monoisotopic (exact) mass is 260 g/mol. The molecule has 0 spiro atoms. The van der Waals surface area contributed by atoms with E-state index in [0.29, 0.717) is 17.9 Å². The van der Waals surface area contributed by atoms with Crippen LogP contribution >= 0.6 is 0 Å². The number of carboxylic acid groups (broad SMARTS) is 1. The van der Waals surface area contributed by atoms with E-state index < -0.39 is 5.97 Å². The van der Waals surface area contributed by atoms with Crippen LogP contribution in [0.4, 0.5) is 11.4 Å². The third-order valence-electron chi connectivity index (χ3n) is 2.84. The molecule has 0 amide bonds. The second-order valence-electron chi connectivity index (χ2n) is 4.46. The van der Waals surface area contributed by atoms with Crippen molar-refractivity contribution in [2.45, 2.75) is 6.54 Å². The minimum absolute atomic E-state index is 0.200. The summed E-state index contributed by atoms with van der Waals surface area (Å²) in [5.74, 6) is -0.986. The van der Waals surface area contributed by atoms with Crippen molar-refractivity contribution in [3.05, 3.63) is 41.7 Å². The number of aromatic nitrogens is 2.